The first-order chi connectivity index (χ1) is 9.54. The molecule has 0 unspecified atom stereocenters. The zero-order chi connectivity index (χ0) is 14.2. The van der Waals surface area contributed by atoms with Crippen LogP contribution >= 0.6 is 0 Å². The van der Waals surface area contributed by atoms with Crippen LogP contribution in [0.4, 0.5) is 11.5 Å². The molecule has 3 nitrogen and oxygen atoms in total. The van der Waals surface area contributed by atoms with Crippen LogP contribution in [0.1, 0.15) is 30.5 Å². The lowest BCUT2D eigenvalue weighted by Crippen LogP contribution is -2.19. The summed E-state index contributed by atoms with van der Waals surface area (Å²) in [5, 5.41) is 3.47. The number of nitrogens with one attached hydrogen (secondary N) is 1. The molecule has 0 aliphatic carbocycles. The van der Waals surface area contributed by atoms with Gasteiger partial charge in [0.25, 0.3) is 0 Å². The second kappa shape index (κ2) is 4.82. The molecule has 0 atom stereocenters. The van der Waals surface area contributed by atoms with Crippen LogP contribution in [0.5, 0.6) is 0 Å². The van der Waals surface area contributed by atoms with Crippen molar-refractivity contribution >= 4 is 11.5 Å². The van der Waals surface area contributed by atoms with Gasteiger partial charge in [-0.3, -0.25) is 0 Å². The fourth-order valence-electron chi connectivity index (χ4n) is 2.74. The minimum atomic E-state index is 0.230. The Bertz CT molecular complexity index is 615. The van der Waals surface area contributed by atoms with E-state index in [1.54, 1.807) is 0 Å². The molecule has 1 aromatic carbocycles. The first-order valence-corrected chi connectivity index (χ1v) is 7.12. The highest BCUT2D eigenvalue weighted by Crippen LogP contribution is 2.36. The Hall–Kier alpha value is -2.03. The van der Waals surface area contributed by atoms with Crippen molar-refractivity contribution < 1.29 is 0 Å². The van der Waals surface area contributed by atoms with E-state index in [9.17, 15) is 0 Å². The third-order valence-electron chi connectivity index (χ3n) is 4.08. The average molecular weight is 267 g/mol. The number of pyridine rings is 1. The van der Waals surface area contributed by atoms with E-state index in [0.717, 1.165) is 19.4 Å². The number of aromatic nitrogens is 1. The Morgan fingerprint density at radius 2 is 1.90 bits per heavy atom. The SMILES string of the molecule is CC1(C)CNc2ccc(CCc3ccc(N)nc3)cc21. The predicted octanol–water partition coefficient (Wildman–Crippen LogP) is 3.15. The van der Waals surface area contributed by atoms with Crippen LogP contribution in [-0.2, 0) is 18.3 Å². The van der Waals surface area contributed by atoms with Gasteiger partial charge in [0.15, 0.2) is 0 Å². The fraction of sp³-hybridized carbons (Fsp3) is 0.353. The van der Waals surface area contributed by atoms with E-state index in [1.165, 1.54) is 22.4 Å². The van der Waals surface area contributed by atoms with E-state index >= 15 is 0 Å². The minimum absolute atomic E-state index is 0.230. The van der Waals surface area contributed by atoms with Gasteiger partial charge in [0.1, 0.15) is 5.82 Å². The molecule has 0 fully saturated rings. The maximum atomic E-state index is 5.61. The molecule has 104 valence electrons. The zero-order valence-corrected chi connectivity index (χ0v) is 12.1. The summed E-state index contributed by atoms with van der Waals surface area (Å²) in [5.41, 5.74) is 11.2. The first kappa shape index (κ1) is 13.0. The van der Waals surface area contributed by atoms with Gasteiger partial charge in [-0.05, 0) is 41.7 Å². The van der Waals surface area contributed by atoms with Crippen LogP contribution in [0, 0.1) is 0 Å². The second-order valence-electron chi connectivity index (χ2n) is 6.21. The molecular weight excluding hydrogens is 246 g/mol. The highest BCUT2D eigenvalue weighted by Gasteiger charge is 2.29. The normalized spacial score (nSPS) is 15.7. The molecule has 1 aromatic heterocycles. The van der Waals surface area contributed by atoms with E-state index in [-0.39, 0.29) is 5.41 Å². The molecule has 0 spiro atoms. The Kier molecular flexibility index (Phi) is 3.13. The van der Waals surface area contributed by atoms with Gasteiger partial charge in [0.05, 0.1) is 0 Å². The van der Waals surface area contributed by atoms with E-state index in [0.29, 0.717) is 5.82 Å². The predicted molar refractivity (Wildman–Crippen MR) is 84.0 cm³/mol. The van der Waals surface area contributed by atoms with Crippen molar-refractivity contribution in [2.45, 2.75) is 32.1 Å². The van der Waals surface area contributed by atoms with Gasteiger partial charge in [-0.2, -0.15) is 0 Å². The topological polar surface area (TPSA) is 50.9 Å². The molecule has 2 heterocycles. The number of hydrogen-bond donors (Lipinski definition) is 2. The minimum Gasteiger partial charge on any atom is -0.384 e. The van der Waals surface area contributed by atoms with Crippen molar-refractivity contribution in [1.29, 1.82) is 0 Å². The molecule has 0 bridgehead atoms. The summed E-state index contributed by atoms with van der Waals surface area (Å²) in [6.07, 6.45) is 3.91. The van der Waals surface area contributed by atoms with Crippen molar-refractivity contribution in [3.8, 4) is 0 Å². The van der Waals surface area contributed by atoms with E-state index < -0.39 is 0 Å². The Morgan fingerprint density at radius 3 is 2.65 bits per heavy atom. The molecule has 3 heteroatoms. The number of anilines is 2. The largest absolute Gasteiger partial charge is 0.384 e. The molecule has 2 aromatic rings. The zero-order valence-electron chi connectivity index (χ0n) is 12.1. The summed E-state index contributed by atoms with van der Waals surface area (Å²) < 4.78 is 0. The van der Waals surface area contributed by atoms with Crippen molar-refractivity contribution in [3.05, 3.63) is 53.2 Å². The van der Waals surface area contributed by atoms with E-state index in [4.69, 9.17) is 5.73 Å². The van der Waals surface area contributed by atoms with Gasteiger partial charge < -0.3 is 11.1 Å². The number of nitrogens with zero attached hydrogens (tertiary/aromatic N) is 1. The van der Waals surface area contributed by atoms with Crippen LogP contribution in [0.2, 0.25) is 0 Å². The maximum Gasteiger partial charge on any atom is 0.123 e. The van der Waals surface area contributed by atoms with Crippen molar-refractivity contribution in [2.24, 2.45) is 0 Å². The Balaban J connectivity index is 1.74. The van der Waals surface area contributed by atoms with Crippen LogP contribution in [-0.4, -0.2) is 11.5 Å². The van der Waals surface area contributed by atoms with Gasteiger partial charge in [-0.25, -0.2) is 4.98 Å². The summed E-state index contributed by atoms with van der Waals surface area (Å²) in [5.74, 6) is 0.583. The first-order valence-electron chi connectivity index (χ1n) is 7.12. The number of benzene rings is 1. The molecule has 0 saturated carbocycles. The molecule has 0 radical (unpaired) electrons. The van der Waals surface area contributed by atoms with E-state index in [2.05, 4.69) is 48.4 Å². The average Bonchev–Trinajstić information content (AvgIpc) is 2.74. The summed E-state index contributed by atoms with van der Waals surface area (Å²) in [4.78, 5) is 4.14. The maximum absolute atomic E-state index is 5.61. The van der Waals surface area contributed by atoms with Crippen molar-refractivity contribution in [2.75, 3.05) is 17.6 Å². The van der Waals surface area contributed by atoms with Gasteiger partial charge in [-0.15, -0.1) is 0 Å². The van der Waals surface area contributed by atoms with Crippen LogP contribution in [0.3, 0.4) is 0 Å². The third-order valence-corrected chi connectivity index (χ3v) is 4.08. The van der Waals surface area contributed by atoms with Gasteiger partial charge in [-0.1, -0.05) is 32.0 Å². The van der Waals surface area contributed by atoms with Crippen LogP contribution in [0.25, 0.3) is 0 Å². The van der Waals surface area contributed by atoms with Gasteiger partial charge in [0.2, 0.25) is 0 Å². The fourth-order valence-corrected chi connectivity index (χ4v) is 2.74. The number of hydrogen-bond acceptors (Lipinski definition) is 3. The number of nitrogen functional groups attached to an aromatic ring is 1. The van der Waals surface area contributed by atoms with Crippen LogP contribution < -0.4 is 11.1 Å². The lowest BCUT2D eigenvalue weighted by Gasteiger charge is -2.17. The summed E-state index contributed by atoms with van der Waals surface area (Å²) in [7, 11) is 0. The quantitative estimate of drug-likeness (QED) is 0.898. The molecule has 0 saturated heterocycles. The summed E-state index contributed by atoms with van der Waals surface area (Å²) in [6, 6.07) is 10.7. The number of rotatable bonds is 3. The molecule has 3 N–H and O–H groups in total. The van der Waals surface area contributed by atoms with Crippen LogP contribution in [0.15, 0.2) is 36.5 Å². The Morgan fingerprint density at radius 1 is 1.15 bits per heavy atom. The van der Waals surface area contributed by atoms with Gasteiger partial charge >= 0.3 is 0 Å². The number of aryl methyl sites for hydroxylation is 2. The third kappa shape index (κ3) is 2.48. The highest BCUT2D eigenvalue weighted by molar-refractivity contribution is 5.60. The van der Waals surface area contributed by atoms with Crippen molar-refractivity contribution in [3.63, 3.8) is 0 Å². The smallest absolute Gasteiger partial charge is 0.123 e. The molecule has 20 heavy (non-hydrogen) atoms. The molecule has 1 aliphatic heterocycles. The number of nitrogens with two attached hydrogens (primary N) is 1. The highest BCUT2D eigenvalue weighted by atomic mass is 14.9. The standard InChI is InChI=1S/C17H21N3/c1-17(2)11-20-15-7-5-12(9-14(15)17)3-4-13-6-8-16(18)19-10-13/h5-10,20H,3-4,11H2,1-2H3,(H2,18,19). The second-order valence-corrected chi connectivity index (χ2v) is 6.21. The Labute approximate surface area is 120 Å². The van der Waals surface area contributed by atoms with Gasteiger partial charge in [0, 0.05) is 23.8 Å². The summed E-state index contributed by atoms with van der Waals surface area (Å²) in [6.45, 7) is 5.60. The summed E-state index contributed by atoms with van der Waals surface area (Å²) >= 11 is 0. The van der Waals surface area contributed by atoms with Crippen molar-refractivity contribution in [1.82, 2.24) is 4.98 Å². The molecular formula is C17H21N3. The molecule has 1 aliphatic rings. The van der Waals surface area contributed by atoms with E-state index in [1.807, 2.05) is 12.3 Å². The molecule has 0 amide bonds. The molecule has 3 rings (SSSR count). The lowest BCUT2D eigenvalue weighted by atomic mass is 9.85. The lowest BCUT2D eigenvalue weighted by molar-refractivity contribution is 0.585. The number of fused-ring (bicyclic) bond motifs is 1. The monoisotopic (exact) mass is 267 g/mol.